The Kier molecular flexibility index (Phi) is 6.57. The maximum atomic E-state index is 12.1. The molecule has 7 nitrogen and oxygen atoms in total. The van der Waals surface area contributed by atoms with Gasteiger partial charge < -0.3 is 19.5 Å². The van der Waals surface area contributed by atoms with Crippen molar-refractivity contribution in [2.75, 3.05) is 26.1 Å². The monoisotopic (exact) mass is 377 g/mol. The smallest absolute Gasteiger partial charge is 0.337 e. The van der Waals surface area contributed by atoms with E-state index < -0.39 is 17.8 Å². The van der Waals surface area contributed by atoms with Crippen LogP contribution in [0, 0.1) is 0 Å². The van der Waals surface area contributed by atoms with Gasteiger partial charge in [0.15, 0.2) is 6.61 Å². The van der Waals surface area contributed by atoms with E-state index in [1.807, 2.05) is 0 Å². The van der Waals surface area contributed by atoms with E-state index in [4.69, 9.17) is 16.3 Å². The summed E-state index contributed by atoms with van der Waals surface area (Å²) in [4.78, 5) is 35.6. The highest BCUT2D eigenvalue weighted by Crippen LogP contribution is 2.23. The first-order valence-electron chi connectivity index (χ1n) is 7.43. The maximum absolute atomic E-state index is 12.1. The van der Waals surface area contributed by atoms with Crippen molar-refractivity contribution < 1.29 is 28.6 Å². The average molecular weight is 378 g/mol. The molecule has 0 spiro atoms. The molecular weight excluding hydrogens is 362 g/mol. The second-order valence-corrected chi connectivity index (χ2v) is 5.46. The predicted octanol–water partition coefficient (Wildman–Crippen LogP) is 2.93. The highest BCUT2D eigenvalue weighted by Gasteiger charge is 2.15. The van der Waals surface area contributed by atoms with Crippen LogP contribution in [-0.2, 0) is 14.3 Å². The van der Waals surface area contributed by atoms with Gasteiger partial charge >= 0.3 is 11.9 Å². The molecule has 0 aliphatic heterocycles. The number of anilines is 1. The summed E-state index contributed by atoms with van der Waals surface area (Å²) >= 11 is 5.95. The van der Waals surface area contributed by atoms with Crippen LogP contribution in [0.2, 0.25) is 5.02 Å². The summed E-state index contributed by atoms with van der Waals surface area (Å²) in [6.07, 6.45) is 0. The van der Waals surface area contributed by atoms with Crippen molar-refractivity contribution in [3.05, 3.63) is 58.6 Å². The summed E-state index contributed by atoms with van der Waals surface area (Å²) in [6, 6.07) is 10.8. The SMILES string of the molecule is COC(=O)c1cc(NC(=O)COc2ccccc2Cl)cc(C(=O)OC)c1. The topological polar surface area (TPSA) is 90.9 Å². The molecule has 2 aromatic carbocycles. The van der Waals surface area contributed by atoms with Gasteiger partial charge in [-0.15, -0.1) is 0 Å². The number of hydrogen-bond donors (Lipinski definition) is 1. The highest BCUT2D eigenvalue weighted by molar-refractivity contribution is 6.32. The molecule has 1 amide bonds. The second-order valence-electron chi connectivity index (χ2n) is 5.05. The number of para-hydroxylation sites is 1. The number of hydrogen-bond acceptors (Lipinski definition) is 6. The number of halogens is 1. The minimum absolute atomic E-state index is 0.0951. The van der Waals surface area contributed by atoms with Crippen LogP contribution in [-0.4, -0.2) is 38.7 Å². The molecule has 8 heteroatoms. The largest absolute Gasteiger partial charge is 0.482 e. The van der Waals surface area contributed by atoms with E-state index in [0.717, 1.165) is 0 Å². The fraction of sp³-hybridized carbons (Fsp3) is 0.167. The molecule has 0 aliphatic rings. The Morgan fingerprint density at radius 1 is 0.962 bits per heavy atom. The number of benzene rings is 2. The quantitative estimate of drug-likeness (QED) is 0.778. The van der Waals surface area contributed by atoms with Crippen LogP contribution in [0.5, 0.6) is 5.75 Å². The van der Waals surface area contributed by atoms with Crippen LogP contribution in [0.3, 0.4) is 0 Å². The van der Waals surface area contributed by atoms with Gasteiger partial charge in [-0.25, -0.2) is 9.59 Å². The fourth-order valence-electron chi connectivity index (χ4n) is 2.07. The third kappa shape index (κ3) is 4.97. The number of ether oxygens (including phenoxy) is 3. The van der Waals surface area contributed by atoms with Crippen molar-refractivity contribution in [3.63, 3.8) is 0 Å². The van der Waals surface area contributed by atoms with Crippen LogP contribution in [0.25, 0.3) is 0 Å². The van der Waals surface area contributed by atoms with Gasteiger partial charge in [-0.3, -0.25) is 4.79 Å². The number of carbonyl (C=O) groups is 3. The third-order valence-corrected chi connectivity index (χ3v) is 3.57. The Labute approximate surface area is 154 Å². The van der Waals surface area contributed by atoms with Crippen LogP contribution in [0.1, 0.15) is 20.7 Å². The summed E-state index contributed by atoms with van der Waals surface area (Å²) in [5, 5.41) is 2.92. The van der Waals surface area contributed by atoms with Crippen molar-refractivity contribution in [2.24, 2.45) is 0 Å². The Morgan fingerprint density at radius 3 is 2.08 bits per heavy atom. The molecule has 0 fully saturated rings. The summed E-state index contributed by atoms with van der Waals surface area (Å²) in [5.41, 5.74) is 0.413. The molecule has 0 aliphatic carbocycles. The van der Waals surface area contributed by atoms with Gasteiger partial charge in [0.1, 0.15) is 5.75 Å². The Bertz CT molecular complexity index is 802. The molecule has 0 aromatic heterocycles. The summed E-state index contributed by atoms with van der Waals surface area (Å²) in [6.45, 7) is -0.306. The normalized spacial score (nSPS) is 9.96. The summed E-state index contributed by atoms with van der Waals surface area (Å²) < 4.78 is 14.6. The van der Waals surface area contributed by atoms with Crippen LogP contribution in [0.4, 0.5) is 5.69 Å². The molecule has 2 rings (SSSR count). The number of esters is 2. The molecule has 1 N–H and O–H groups in total. The van der Waals surface area contributed by atoms with Crippen molar-refractivity contribution in [2.45, 2.75) is 0 Å². The van der Waals surface area contributed by atoms with Crippen molar-refractivity contribution in [1.29, 1.82) is 0 Å². The van der Waals surface area contributed by atoms with E-state index in [1.165, 1.54) is 32.4 Å². The molecule has 26 heavy (non-hydrogen) atoms. The molecule has 0 saturated heterocycles. The highest BCUT2D eigenvalue weighted by atomic mass is 35.5. The zero-order chi connectivity index (χ0) is 19.1. The van der Waals surface area contributed by atoms with Crippen LogP contribution in [0.15, 0.2) is 42.5 Å². The lowest BCUT2D eigenvalue weighted by Crippen LogP contribution is -2.21. The first kappa shape index (κ1) is 19.3. The zero-order valence-corrected chi connectivity index (χ0v) is 14.8. The molecule has 0 radical (unpaired) electrons. The zero-order valence-electron chi connectivity index (χ0n) is 14.1. The predicted molar refractivity (Wildman–Crippen MR) is 94.7 cm³/mol. The summed E-state index contributed by atoms with van der Waals surface area (Å²) in [7, 11) is 2.42. The van der Waals surface area contributed by atoms with Crippen LogP contribution < -0.4 is 10.1 Å². The van der Waals surface area contributed by atoms with Gasteiger partial charge in [-0.05, 0) is 30.3 Å². The first-order chi connectivity index (χ1) is 12.4. The lowest BCUT2D eigenvalue weighted by atomic mass is 10.1. The lowest BCUT2D eigenvalue weighted by Gasteiger charge is -2.11. The Balaban J connectivity index is 2.14. The molecule has 2 aromatic rings. The van der Waals surface area contributed by atoms with E-state index >= 15 is 0 Å². The number of nitrogens with one attached hydrogen (secondary N) is 1. The van der Waals surface area contributed by atoms with Gasteiger partial charge in [0.25, 0.3) is 5.91 Å². The molecule has 0 bridgehead atoms. The number of rotatable bonds is 6. The fourth-order valence-corrected chi connectivity index (χ4v) is 2.26. The number of carbonyl (C=O) groups excluding carboxylic acids is 3. The van der Waals surface area contributed by atoms with Gasteiger partial charge in [-0.1, -0.05) is 23.7 Å². The standard InChI is InChI=1S/C18H16ClNO6/c1-24-17(22)11-7-12(18(23)25-2)9-13(8-11)20-16(21)10-26-15-6-4-3-5-14(15)19/h3-9H,10H2,1-2H3,(H,20,21). The average Bonchev–Trinajstić information content (AvgIpc) is 2.65. The van der Waals surface area contributed by atoms with E-state index in [1.54, 1.807) is 24.3 Å². The molecule has 0 unspecified atom stereocenters. The molecule has 0 heterocycles. The van der Waals surface area contributed by atoms with Gasteiger partial charge in [-0.2, -0.15) is 0 Å². The second kappa shape index (κ2) is 8.87. The van der Waals surface area contributed by atoms with Crippen molar-refractivity contribution in [3.8, 4) is 5.75 Å². The van der Waals surface area contributed by atoms with E-state index in [2.05, 4.69) is 14.8 Å². The third-order valence-electron chi connectivity index (χ3n) is 3.25. The van der Waals surface area contributed by atoms with E-state index in [9.17, 15) is 14.4 Å². The molecule has 136 valence electrons. The minimum Gasteiger partial charge on any atom is -0.482 e. The molecular formula is C18H16ClNO6. The number of methoxy groups -OCH3 is 2. The Morgan fingerprint density at radius 2 is 1.54 bits per heavy atom. The van der Waals surface area contributed by atoms with Gasteiger partial charge in [0.05, 0.1) is 30.4 Å². The van der Waals surface area contributed by atoms with Crippen molar-refractivity contribution in [1.82, 2.24) is 0 Å². The first-order valence-corrected chi connectivity index (χ1v) is 7.81. The van der Waals surface area contributed by atoms with Gasteiger partial charge in [0.2, 0.25) is 0 Å². The number of amides is 1. The molecule has 0 saturated carbocycles. The van der Waals surface area contributed by atoms with E-state index in [0.29, 0.717) is 10.8 Å². The van der Waals surface area contributed by atoms with E-state index in [-0.39, 0.29) is 23.4 Å². The minimum atomic E-state index is -0.654. The summed E-state index contributed by atoms with van der Waals surface area (Å²) in [5.74, 6) is -1.44. The lowest BCUT2D eigenvalue weighted by molar-refractivity contribution is -0.118. The van der Waals surface area contributed by atoms with Crippen LogP contribution >= 0.6 is 11.6 Å². The molecule has 0 atom stereocenters. The Hall–Kier alpha value is -3.06. The van der Waals surface area contributed by atoms with Crippen molar-refractivity contribution >= 4 is 35.1 Å². The maximum Gasteiger partial charge on any atom is 0.337 e. The van der Waals surface area contributed by atoms with Gasteiger partial charge in [0, 0.05) is 5.69 Å².